The zero-order valence-electron chi connectivity index (χ0n) is 9.22. The van der Waals surface area contributed by atoms with Gasteiger partial charge >= 0.3 is 0 Å². The molecule has 0 fully saturated rings. The maximum atomic E-state index is 9.08. The van der Waals surface area contributed by atoms with Crippen LogP contribution in [-0.2, 0) is 0 Å². The minimum absolute atomic E-state index is 0.142. The molecule has 0 radical (unpaired) electrons. The number of fused-ring (bicyclic) bond motifs is 1. The van der Waals surface area contributed by atoms with Crippen molar-refractivity contribution in [2.75, 3.05) is 6.26 Å². The lowest BCUT2D eigenvalue weighted by atomic mass is 10.2. The molecular formula is C12H5N3S3. The van der Waals surface area contributed by atoms with Crippen molar-refractivity contribution in [3.63, 3.8) is 0 Å². The maximum absolute atomic E-state index is 9.08. The van der Waals surface area contributed by atoms with Crippen molar-refractivity contribution in [1.29, 1.82) is 10.5 Å². The summed E-state index contributed by atoms with van der Waals surface area (Å²) in [5.74, 6) is 0. The third-order valence-electron chi connectivity index (χ3n) is 2.20. The molecule has 3 nitrogen and oxygen atoms in total. The lowest BCUT2D eigenvalue weighted by Gasteiger charge is -1.92. The number of allylic oxidation sites excluding steroid dienone is 2. The van der Waals surface area contributed by atoms with Crippen molar-refractivity contribution in [1.82, 2.24) is 0 Å². The fourth-order valence-corrected chi connectivity index (χ4v) is 4.44. The van der Waals surface area contributed by atoms with Gasteiger partial charge in [-0.05, 0) is 18.4 Å². The first-order valence-electron chi connectivity index (χ1n) is 4.73. The molecule has 0 atom stereocenters. The van der Waals surface area contributed by atoms with E-state index in [-0.39, 0.29) is 11.3 Å². The van der Waals surface area contributed by atoms with Crippen LogP contribution in [0.2, 0.25) is 0 Å². The summed E-state index contributed by atoms with van der Waals surface area (Å²) in [7, 11) is 0. The fraction of sp³-hybridized carbons (Fsp3) is 0.0833. The van der Waals surface area contributed by atoms with E-state index in [1.807, 2.05) is 18.4 Å². The molecule has 2 rings (SSSR count). The topological polar surface area (TPSA) is 51.9 Å². The van der Waals surface area contributed by atoms with Crippen LogP contribution in [0.25, 0.3) is 19.8 Å². The molecule has 2 heterocycles. The average molecular weight is 287 g/mol. The molecule has 0 saturated carbocycles. The Morgan fingerprint density at radius 1 is 1.28 bits per heavy atom. The SMILES string of the molecule is [C-]#[N+]/C(C#N)=C(/C#N)c1cc2sc(SC)cc2s1. The summed E-state index contributed by atoms with van der Waals surface area (Å²) in [5.41, 5.74) is 0.0306. The molecule has 0 aliphatic carbocycles. The summed E-state index contributed by atoms with van der Waals surface area (Å²) < 4.78 is 3.40. The largest absolute Gasteiger partial charge is 0.280 e. The second-order valence-corrected chi connectivity index (χ2v) is 6.44. The monoisotopic (exact) mass is 287 g/mol. The van der Waals surface area contributed by atoms with Gasteiger partial charge in [0.05, 0.1) is 28.5 Å². The Labute approximate surface area is 116 Å². The van der Waals surface area contributed by atoms with E-state index in [0.29, 0.717) is 4.88 Å². The standard InChI is InChI=1S/C12H5N3S3/c1-15-8(6-14)7(5-13)9-3-10-11(17-9)4-12(16-2)18-10/h3-4H,2H3/b8-7-. The zero-order chi connectivity index (χ0) is 13.1. The molecular weight excluding hydrogens is 282 g/mol. The second kappa shape index (κ2) is 5.25. The molecule has 0 aliphatic heterocycles. The van der Waals surface area contributed by atoms with E-state index >= 15 is 0 Å². The Hall–Kier alpha value is -1.78. The molecule has 0 aromatic carbocycles. The number of hydrogen-bond acceptors (Lipinski definition) is 5. The van der Waals surface area contributed by atoms with E-state index in [9.17, 15) is 0 Å². The van der Waals surface area contributed by atoms with Crippen LogP contribution < -0.4 is 0 Å². The molecule has 2 aromatic heterocycles. The minimum atomic E-state index is -0.142. The van der Waals surface area contributed by atoms with Crippen LogP contribution in [0.15, 0.2) is 22.0 Å². The predicted molar refractivity (Wildman–Crippen MR) is 76.2 cm³/mol. The maximum Gasteiger partial charge on any atom is 0.280 e. The van der Waals surface area contributed by atoms with Gasteiger partial charge in [0.15, 0.2) is 0 Å². The van der Waals surface area contributed by atoms with Gasteiger partial charge in [-0.2, -0.15) is 5.26 Å². The Morgan fingerprint density at radius 3 is 2.50 bits per heavy atom. The minimum Gasteiger partial charge on any atom is -0.225 e. The molecule has 0 amide bonds. The summed E-state index contributed by atoms with van der Waals surface area (Å²) in [6, 6.07) is 7.67. The van der Waals surface area contributed by atoms with E-state index in [4.69, 9.17) is 17.1 Å². The first-order valence-corrected chi connectivity index (χ1v) is 7.59. The first-order chi connectivity index (χ1) is 8.73. The van der Waals surface area contributed by atoms with Crippen LogP contribution in [0.1, 0.15) is 4.88 Å². The van der Waals surface area contributed by atoms with Crippen LogP contribution in [0.3, 0.4) is 0 Å². The van der Waals surface area contributed by atoms with Gasteiger partial charge in [-0.1, -0.05) is 0 Å². The highest BCUT2D eigenvalue weighted by atomic mass is 32.2. The smallest absolute Gasteiger partial charge is 0.225 e. The van der Waals surface area contributed by atoms with Crippen molar-refractivity contribution in [2.24, 2.45) is 0 Å². The van der Waals surface area contributed by atoms with Crippen LogP contribution >= 0.6 is 34.4 Å². The molecule has 6 heteroatoms. The van der Waals surface area contributed by atoms with Crippen molar-refractivity contribution in [2.45, 2.75) is 4.21 Å². The van der Waals surface area contributed by atoms with E-state index in [1.165, 1.54) is 15.5 Å². The van der Waals surface area contributed by atoms with Crippen LogP contribution in [0.4, 0.5) is 0 Å². The number of nitriles is 2. The summed E-state index contributed by atoms with van der Waals surface area (Å²) in [4.78, 5) is 3.79. The van der Waals surface area contributed by atoms with E-state index in [2.05, 4.69) is 10.9 Å². The fourth-order valence-electron chi connectivity index (χ4n) is 1.40. The summed E-state index contributed by atoms with van der Waals surface area (Å²) in [6.07, 6.45) is 2.02. The number of rotatable bonds is 2. The van der Waals surface area contributed by atoms with Crippen LogP contribution in [0.5, 0.6) is 0 Å². The Kier molecular flexibility index (Phi) is 3.69. The Bertz CT molecular complexity index is 712. The average Bonchev–Trinajstić information content (AvgIpc) is 2.93. The Balaban J connectivity index is 2.59. The van der Waals surface area contributed by atoms with Gasteiger partial charge < -0.3 is 0 Å². The number of thioether (sulfide) groups is 1. The molecule has 0 unspecified atom stereocenters. The van der Waals surface area contributed by atoms with Crippen molar-refractivity contribution < 1.29 is 0 Å². The predicted octanol–water partition coefficient (Wildman–Crippen LogP) is 4.36. The zero-order valence-corrected chi connectivity index (χ0v) is 11.7. The third kappa shape index (κ3) is 2.12. The van der Waals surface area contributed by atoms with E-state index < -0.39 is 0 Å². The van der Waals surface area contributed by atoms with Crippen molar-refractivity contribution >= 4 is 49.4 Å². The number of nitrogens with zero attached hydrogens (tertiary/aromatic N) is 3. The first kappa shape index (κ1) is 12.7. The lowest BCUT2D eigenvalue weighted by Crippen LogP contribution is -1.79. The second-order valence-electron chi connectivity index (χ2n) is 3.17. The van der Waals surface area contributed by atoms with Gasteiger partial charge in [-0.3, -0.25) is 0 Å². The third-order valence-corrected chi connectivity index (χ3v) is 5.57. The molecule has 0 aliphatic rings. The van der Waals surface area contributed by atoms with Gasteiger partial charge in [0.25, 0.3) is 5.70 Å². The number of thiophene rings is 2. The summed E-state index contributed by atoms with van der Waals surface area (Å²) >= 11 is 4.78. The molecule has 86 valence electrons. The molecule has 0 spiro atoms. The van der Waals surface area contributed by atoms with Gasteiger partial charge in [-0.15, -0.1) is 34.4 Å². The van der Waals surface area contributed by atoms with Crippen LogP contribution in [0, 0.1) is 29.2 Å². The van der Waals surface area contributed by atoms with Gasteiger partial charge in [0.2, 0.25) is 0 Å². The van der Waals surface area contributed by atoms with Gasteiger partial charge in [0.1, 0.15) is 0 Å². The molecule has 0 saturated heterocycles. The Morgan fingerprint density at radius 2 is 2.00 bits per heavy atom. The van der Waals surface area contributed by atoms with Crippen LogP contribution in [-0.4, -0.2) is 6.26 Å². The summed E-state index contributed by atoms with van der Waals surface area (Å²) in [5, 5.41) is 17.9. The molecule has 0 N–H and O–H groups in total. The molecule has 2 aromatic rings. The quantitative estimate of drug-likeness (QED) is 0.468. The lowest BCUT2D eigenvalue weighted by molar-refractivity contribution is 1.49. The van der Waals surface area contributed by atoms with E-state index in [1.54, 1.807) is 29.2 Å². The van der Waals surface area contributed by atoms with Crippen molar-refractivity contribution in [3.8, 4) is 12.1 Å². The molecule has 18 heavy (non-hydrogen) atoms. The number of hydrogen-bond donors (Lipinski definition) is 0. The van der Waals surface area contributed by atoms with Crippen molar-refractivity contribution in [3.05, 3.63) is 34.1 Å². The normalized spacial score (nSPS) is 11.4. The van der Waals surface area contributed by atoms with E-state index in [0.717, 1.165) is 9.40 Å². The highest BCUT2D eigenvalue weighted by Gasteiger charge is 2.14. The highest BCUT2D eigenvalue weighted by Crippen LogP contribution is 2.39. The molecule has 0 bridgehead atoms. The highest BCUT2D eigenvalue weighted by molar-refractivity contribution is 8.00. The van der Waals surface area contributed by atoms with Gasteiger partial charge in [0, 0.05) is 14.3 Å². The van der Waals surface area contributed by atoms with Gasteiger partial charge in [-0.25, -0.2) is 10.1 Å². The summed E-state index contributed by atoms with van der Waals surface area (Å²) in [6.45, 7) is 6.90.